The zero-order valence-electron chi connectivity index (χ0n) is 11.7. The van der Waals surface area contributed by atoms with E-state index < -0.39 is 16.5 Å². The van der Waals surface area contributed by atoms with E-state index in [1.165, 1.54) is 37.0 Å². The molecule has 0 aromatic heterocycles. The molecular weight excluding hydrogens is 214 g/mol. The third-order valence-electron chi connectivity index (χ3n) is 3.85. The lowest BCUT2D eigenvalue weighted by Gasteiger charge is -2.38. The van der Waals surface area contributed by atoms with Crippen LogP contribution in [0.1, 0.15) is 40.5 Å². The summed E-state index contributed by atoms with van der Waals surface area (Å²) in [6.45, 7) is 14.4. The summed E-state index contributed by atoms with van der Waals surface area (Å²) >= 11 is 0. The van der Waals surface area contributed by atoms with E-state index in [1.54, 1.807) is 0 Å². The second-order valence-corrected chi connectivity index (χ2v) is 15.4. The molecule has 15 heavy (non-hydrogen) atoms. The molecule has 0 saturated heterocycles. The van der Waals surface area contributed by atoms with E-state index in [0.717, 1.165) is 0 Å². The standard InChI is InChI=1S/C12H31NSi2/c1-7-11-12-15(9-3,10-4)13-14(5,6)8-2/h13H,7-12H2,1-6H3. The largest absolute Gasteiger partial charge is 0.359 e. The average molecular weight is 246 g/mol. The molecule has 0 aromatic rings. The molecular formula is C12H31NSi2. The molecule has 0 aromatic carbocycles. The zero-order chi connectivity index (χ0) is 11.9. The first kappa shape index (κ1) is 15.4. The maximum atomic E-state index is 4.17. The molecule has 0 unspecified atom stereocenters. The highest BCUT2D eigenvalue weighted by Crippen LogP contribution is 2.23. The first-order valence-corrected chi connectivity index (χ1v) is 12.6. The Kier molecular flexibility index (Phi) is 7.05. The van der Waals surface area contributed by atoms with Crippen LogP contribution in [0.25, 0.3) is 0 Å². The van der Waals surface area contributed by atoms with Crippen molar-refractivity contribution >= 4 is 16.5 Å². The quantitative estimate of drug-likeness (QED) is 0.617. The van der Waals surface area contributed by atoms with Gasteiger partial charge in [-0.1, -0.05) is 53.6 Å². The van der Waals surface area contributed by atoms with Crippen molar-refractivity contribution < 1.29 is 0 Å². The van der Waals surface area contributed by atoms with E-state index in [4.69, 9.17) is 0 Å². The summed E-state index contributed by atoms with van der Waals surface area (Å²) < 4.78 is 4.17. The Morgan fingerprint density at radius 3 is 1.73 bits per heavy atom. The lowest BCUT2D eigenvalue weighted by Crippen LogP contribution is -2.61. The Morgan fingerprint density at radius 2 is 1.40 bits per heavy atom. The molecule has 1 N–H and O–H groups in total. The molecule has 0 atom stereocenters. The topological polar surface area (TPSA) is 12.0 Å². The molecule has 0 bridgehead atoms. The van der Waals surface area contributed by atoms with Gasteiger partial charge in [-0.05, 0) is 24.2 Å². The molecule has 0 aliphatic heterocycles. The fourth-order valence-electron chi connectivity index (χ4n) is 2.16. The lowest BCUT2D eigenvalue weighted by molar-refractivity contribution is 0.847. The van der Waals surface area contributed by atoms with Gasteiger partial charge in [-0.3, -0.25) is 0 Å². The summed E-state index contributed by atoms with van der Waals surface area (Å²) in [4.78, 5) is 0. The van der Waals surface area contributed by atoms with E-state index in [2.05, 4.69) is 45.4 Å². The summed E-state index contributed by atoms with van der Waals surface area (Å²) in [7, 11) is -2.20. The smallest absolute Gasteiger partial charge is 0.118 e. The summed E-state index contributed by atoms with van der Waals surface area (Å²) in [5.74, 6) is 0. The number of hydrogen-bond acceptors (Lipinski definition) is 1. The second-order valence-electron chi connectivity index (χ2n) is 5.45. The third-order valence-corrected chi connectivity index (χ3v) is 14.5. The van der Waals surface area contributed by atoms with Gasteiger partial charge in [-0.2, -0.15) is 0 Å². The Bertz CT molecular complexity index is 165. The van der Waals surface area contributed by atoms with Gasteiger partial charge in [0.1, 0.15) is 16.5 Å². The van der Waals surface area contributed by atoms with Gasteiger partial charge < -0.3 is 4.65 Å². The van der Waals surface area contributed by atoms with Gasteiger partial charge in [0.05, 0.1) is 0 Å². The molecule has 1 nitrogen and oxygen atoms in total. The maximum absolute atomic E-state index is 4.17. The van der Waals surface area contributed by atoms with Gasteiger partial charge in [0.25, 0.3) is 0 Å². The Hall–Kier alpha value is 0.394. The summed E-state index contributed by atoms with van der Waals surface area (Å²) in [6, 6.07) is 5.70. The van der Waals surface area contributed by atoms with Crippen LogP contribution in [0, 0.1) is 0 Å². The van der Waals surface area contributed by atoms with Crippen molar-refractivity contribution in [1.29, 1.82) is 0 Å². The number of hydrogen-bond donors (Lipinski definition) is 1. The van der Waals surface area contributed by atoms with Gasteiger partial charge >= 0.3 is 0 Å². The summed E-state index contributed by atoms with van der Waals surface area (Å²) in [5.41, 5.74) is 0. The van der Waals surface area contributed by atoms with Gasteiger partial charge in [-0.15, -0.1) is 0 Å². The molecule has 0 aliphatic carbocycles. The van der Waals surface area contributed by atoms with Gasteiger partial charge in [0.2, 0.25) is 0 Å². The molecule has 0 heterocycles. The van der Waals surface area contributed by atoms with Gasteiger partial charge in [-0.25, -0.2) is 0 Å². The van der Waals surface area contributed by atoms with Crippen molar-refractivity contribution in [2.75, 3.05) is 0 Å². The van der Waals surface area contributed by atoms with Gasteiger partial charge in [0, 0.05) is 0 Å². The lowest BCUT2D eigenvalue weighted by atomic mass is 10.4. The Balaban J connectivity index is 4.48. The van der Waals surface area contributed by atoms with Crippen LogP contribution in [0.5, 0.6) is 0 Å². The molecule has 3 heteroatoms. The van der Waals surface area contributed by atoms with Crippen LogP contribution in [0.2, 0.25) is 37.3 Å². The molecule has 92 valence electrons. The molecule has 0 saturated carbocycles. The van der Waals surface area contributed by atoms with Crippen LogP contribution in [-0.4, -0.2) is 16.5 Å². The number of nitrogens with one attached hydrogen (secondary N) is 1. The van der Waals surface area contributed by atoms with Crippen molar-refractivity contribution in [3.63, 3.8) is 0 Å². The van der Waals surface area contributed by atoms with Crippen molar-refractivity contribution in [2.24, 2.45) is 0 Å². The summed E-state index contributed by atoms with van der Waals surface area (Å²) in [6.07, 6.45) is 2.78. The van der Waals surface area contributed by atoms with Crippen molar-refractivity contribution in [1.82, 2.24) is 4.65 Å². The van der Waals surface area contributed by atoms with E-state index in [-0.39, 0.29) is 0 Å². The minimum Gasteiger partial charge on any atom is -0.359 e. The van der Waals surface area contributed by atoms with Crippen molar-refractivity contribution in [3.05, 3.63) is 0 Å². The second kappa shape index (κ2) is 6.87. The minimum atomic E-state index is -1.11. The highest BCUT2D eigenvalue weighted by Gasteiger charge is 2.34. The SMILES string of the molecule is CCCC[Si](CC)(CC)N[Si](C)(C)CC. The van der Waals surface area contributed by atoms with Crippen LogP contribution in [0.4, 0.5) is 0 Å². The number of unbranched alkanes of at least 4 members (excludes halogenated alkanes) is 1. The molecule has 0 radical (unpaired) electrons. The maximum Gasteiger partial charge on any atom is 0.118 e. The van der Waals surface area contributed by atoms with Crippen molar-refractivity contribution in [3.8, 4) is 0 Å². The Morgan fingerprint density at radius 1 is 0.867 bits per heavy atom. The predicted molar refractivity (Wildman–Crippen MR) is 77.5 cm³/mol. The van der Waals surface area contributed by atoms with E-state index >= 15 is 0 Å². The molecule has 0 rings (SSSR count). The average Bonchev–Trinajstić information content (AvgIpc) is 2.24. The van der Waals surface area contributed by atoms with Crippen LogP contribution in [-0.2, 0) is 0 Å². The van der Waals surface area contributed by atoms with Crippen LogP contribution >= 0.6 is 0 Å². The Labute approximate surface area is 99.2 Å². The van der Waals surface area contributed by atoms with Gasteiger partial charge in [0.15, 0.2) is 0 Å². The van der Waals surface area contributed by atoms with Crippen LogP contribution in [0.15, 0.2) is 0 Å². The van der Waals surface area contributed by atoms with E-state index in [0.29, 0.717) is 0 Å². The monoisotopic (exact) mass is 245 g/mol. The first-order valence-electron chi connectivity index (χ1n) is 6.74. The van der Waals surface area contributed by atoms with Crippen molar-refractivity contribution in [2.45, 2.75) is 77.8 Å². The molecule has 0 spiro atoms. The predicted octanol–water partition coefficient (Wildman–Crippen LogP) is 4.59. The first-order chi connectivity index (χ1) is 6.95. The molecule has 0 amide bonds. The molecule has 0 fully saturated rings. The van der Waals surface area contributed by atoms with E-state index in [1.807, 2.05) is 0 Å². The minimum absolute atomic E-state index is 1.09. The summed E-state index contributed by atoms with van der Waals surface area (Å²) in [5, 5.41) is 0. The highest BCUT2D eigenvalue weighted by atomic mass is 28.4. The number of rotatable bonds is 8. The van der Waals surface area contributed by atoms with Crippen LogP contribution in [0.3, 0.4) is 0 Å². The normalized spacial score (nSPS) is 13.2. The van der Waals surface area contributed by atoms with E-state index in [9.17, 15) is 0 Å². The fourth-order valence-corrected chi connectivity index (χ4v) is 12.8. The molecule has 0 aliphatic rings. The fraction of sp³-hybridized carbons (Fsp3) is 1.00. The highest BCUT2D eigenvalue weighted by molar-refractivity contribution is 6.92. The van der Waals surface area contributed by atoms with Crippen LogP contribution < -0.4 is 4.65 Å². The zero-order valence-corrected chi connectivity index (χ0v) is 13.7. The third kappa shape index (κ3) is 5.32.